The molecule has 0 radical (unpaired) electrons. The van der Waals surface area contributed by atoms with E-state index in [-0.39, 0.29) is 13.8 Å². The van der Waals surface area contributed by atoms with Gasteiger partial charge in [0.15, 0.2) is 0 Å². The van der Waals surface area contributed by atoms with Crippen LogP contribution in [0.25, 0.3) is 0 Å². The fourth-order valence-corrected chi connectivity index (χ4v) is 4.59. The fraction of sp³-hybridized carbons (Fsp3) is 0.429. The Morgan fingerprint density at radius 2 is 1.54 bits per heavy atom. The largest absolute Gasteiger partial charge is 1.00 e. The number of hydrogen-bond donors (Lipinski definition) is 1. The monoisotopic (exact) mass is 343 g/mol. The summed E-state index contributed by atoms with van der Waals surface area (Å²) in [5.74, 6) is 0.974. The molecule has 2 nitrogen and oxygen atoms in total. The lowest BCUT2D eigenvalue weighted by atomic mass is 9.66. The Hall–Kier alpha value is -1.35. The van der Waals surface area contributed by atoms with Gasteiger partial charge in [0.1, 0.15) is 0 Å². The zero-order chi connectivity index (χ0) is 15.7. The first-order chi connectivity index (χ1) is 11.3. The molecule has 3 saturated heterocycles. The van der Waals surface area contributed by atoms with Gasteiger partial charge in [0.25, 0.3) is 0 Å². The second kappa shape index (κ2) is 7.26. The molecule has 128 valence electrons. The van der Waals surface area contributed by atoms with E-state index in [0.717, 1.165) is 12.1 Å². The molecule has 2 unspecified atom stereocenters. The van der Waals surface area contributed by atoms with Crippen molar-refractivity contribution in [2.45, 2.75) is 24.9 Å². The van der Waals surface area contributed by atoms with Crippen molar-refractivity contribution in [3.8, 4) is 0 Å². The van der Waals surface area contributed by atoms with Crippen LogP contribution in [0.1, 0.15) is 25.4 Å². The van der Waals surface area contributed by atoms with Crippen LogP contribution in [0, 0.1) is 11.8 Å². The maximum atomic E-state index is 11.9. The second-order valence-electron chi connectivity index (χ2n) is 7.20. The minimum Gasteiger partial charge on any atom is -1.00 e. The van der Waals surface area contributed by atoms with Crippen LogP contribution in [0.3, 0.4) is 0 Å². The minimum atomic E-state index is -0.771. The van der Waals surface area contributed by atoms with Crippen molar-refractivity contribution < 1.29 is 18.9 Å². The maximum Gasteiger partial charge on any atom is 1.00 e. The molecule has 2 bridgehead atoms. The molecule has 2 aromatic rings. The highest BCUT2D eigenvalue weighted by molar-refractivity contribution is 5.29. The van der Waals surface area contributed by atoms with Gasteiger partial charge in [-0.15, -0.1) is 0 Å². The van der Waals surface area contributed by atoms with Gasteiger partial charge in [0, 0.05) is 18.9 Å². The third-order valence-corrected chi connectivity index (χ3v) is 5.86. The highest BCUT2D eigenvalue weighted by Crippen LogP contribution is 2.45. The maximum absolute atomic E-state index is 11.9. The number of benzene rings is 2. The van der Waals surface area contributed by atoms with E-state index < -0.39 is 5.60 Å². The molecule has 0 amide bonds. The summed E-state index contributed by atoms with van der Waals surface area (Å²) < 4.78 is 0. The van der Waals surface area contributed by atoms with Crippen molar-refractivity contribution >= 4 is 0 Å². The predicted octanol–water partition coefficient (Wildman–Crippen LogP) is 0.575. The molecule has 3 aliphatic heterocycles. The van der Waals surface area contributed by atoms with E-state index in [2.05, 4.69) is 41.3 Å². The molecule has 24 heavy (non-hydrogen) atoms. The normalized spacial score (nSPS) is 28.0. The molecule has 0 aromatic heterocycles. The number of rotatable bonds is 4. The van der Waals surface area contributed by atoms with Crippen molar-refractivity contribution in [3.05, 3.63) is 71.8 Å². The quantitative estimate of drug-likeness (QED) is 0.877. The Labute approximate surface area is 152 Å². The number of aliphatic hydroxyl groups is 1. The molecule has 0 aliphatic carbocycles. The number of piperidine rings is 3. The minimum absolute atomic E-state index is 0. The summed E-state index contributed by atoms with van der Waals surface area (Å²) in [4.78, 5) is 2.53. The van der Waals surface area contributed by atoms with E-state index in [0.29, 0.717) is 18.3 Å². The van der Waals surface area contributed by atoms with Crippen LogP contribution in [0.2, 0.25) is 0 Å². The summed E-state index contributed by atoms with van der Waals surface area (Å²) >= 11 is 0. The number of fused-ring (bicyclic) bond motifs is 3. The first-order valence-corrected chi connectivity index (χ1v) is 8.80. The zero-order valence-electron chi connectivity index (χ0n) is 14.9. The Bertz CT molecular complexity index is 645. The SMILES string of the molecule is OC(Cc1ccccc1)(c1ccccc1)C1CN2CCC1CC2.[Cl-].[H+]. The number of nitrogens with zero attached hydrogens (tertiary/aromatic N) is 1. The van der Waals surface area contributed by atoms with Gasteiger partial charge in [-0.1, -0.05) is 60.7 Å². The van der Waals surface area contributed by atoms with Crippen LogP contribution in [0.15, 0.2) is 60.7 Å². The number of halogens is 1. The highest BCUT2D eigenvalue weighted by Gasteiger charge is 2.47. The molecule has 3 aliphatic rings. The van der Waals surface area contributed by atoms with E-state index in [4.69, 9.17) is 0 Å². The van der Waals surface area contributed by atoms with Crippen LogP contribution < -0.4 is 12.4 Å². The number of hydrogen-bond acceptors (Lipinski definition) is 2. The molecule has 3 heteroatoms. The lowest BCUT2D eigenvalue weighted by Crippen LogP contribution is -3.00. The van der Waals surface area contributed by atoms with Crippen LogP contribution in [0.4, 0.5) is 0 Å². The summed E-state index contributed by atoms with van der Waals surface area (Å²) in [7, 11) is 0. The molecule has 1 N–H and O–H groups in total. The molecule has 5 rings (SSSR count). The van der Waals surface area contributed by atoms with Crippen molar-refractivity contribution in [1.82, 2.24) is 4.90 Å². The lowest BCUT2D eigenvalue weighted by Gasteiger charge is -2.51. The van der Waals surface area contributed by atoms with E-state index in [1.54, 1.807) is 0 Å². The van der Waals surface area contributed by atoms with Gasteiger partial charge in [0.2, 0.25) is 0 Å². The highest BCUT2D eigenvalue weighted by atomic mass is 35.5. The van der Waals surface area contributed by atoms with Crippen LogP contribution in [-0.4, -0.2) is 29.6 Å². The lowest BCUT2D eigenvalue weighted by molar-refractivity contribution is -0.101. The van der Waals surface area contributed by atoms with Gasteiger partial charge in [-0.25, -0.2) is 0 Å². The topological polar surface area (TPSA) is 23.5 Å². The molecule has 3 heterocycles. The summed E-state index contributed by atoms with van der Waals surface area (Å²) in [5, 5.41) is 11.9. The molecule has 2 aromatic carbocycles. The van der Waals surface area contributed by atoms with Gasteiger partial charge in [-0.2, -0.15) is 0 Å². The average molecular weight is 344 g/mol. The van der Waals surface area contributed by atoms with Gasteiger partial charge in [-0.3, -0.25) is 0 Å². The van der Waals surface area contributed by atoms with Crippen molar-refractivity contribution in [2.24, 2.45) is 11.8 Å². The van der Waals surface area contributed by atoms with Crippen molar-refractivity contribution in [1.29, 1.82) is 0 Å². The van der Waals surface area contributed by atoms with Gasteiger partial charge >= 0.3 is 1.43 Å². The predicted molar refractivity (Wildman–Crippen MR) is 94.3 cm³/mol. The molecular weight excluding hydrogens is 318 g/mol. The van der Waals surface area contributed by atoms with Crippen molar-refractivity contribution in [3.63, 3.8) is 0 Å². The first-order valence-electron chi connectivity index (χ1n) is 8.80. The summed E-state index contributed by atoms with van der Waals surface area (Å²) in [5.41, 5.74) is 1.52. The molecule has 3 fully saturated rings. The van der Waals surface area contributed by atoms with E-state index in [1.807, 2.05) is 24.3 Å². The second-order valence-corrected chi connectivity index (χ2v) is 7.20. The van der Waals surface area contributed by atoms with E-state index in [1.165, 1.54) is 31.5 Å². The Morgan fingerprint density at radius 1 is 0.958 bits per heavy atom. The van der Waals surface area contributed by atoms with E-state index >= 15 is 0 Å². The Balaban J connectivity index is 0.00000113. The molecule has 2 atom stereocenters. The standard InChI is InChI=1S/C21H25NO.ClH/c23-21(19-9-5-2-6-10-19,15-17-7-3-1-4-8-17)20-16-22-13-11-18(20)12-14-22;/h1-10,18,20,23H,11-16H2;1H. The zero-order valence-corrected chi connectivity index (χ0v) is 14.7. The first kappa shape index (κ1) is 17.5. The molecule has 0 saturated carbocycles. The fourth-order valence-electron chi connectivity index (χ4n) is 4.59. The van der Waals surface area contributed by atoms with Gasteiger partial charge in [0.05, 0.1) is 5.60 Å². The van der Waals surface area contributed by atoms with E-state index in [9.17, 15) is 5.11 Å². The average Bonchev–Trinajstić information content (AvgIpc) is 2.64. The third-order valence-electron chi connectivity index (χ3n) is 5.86. The van der Waals surface area contributed by atoms with Gasteiger partial charge in [-0.05, 0) is 43.0 Å². The van der Waals surface area contributed by atoms with Crippen LogP contribution in [-0.2, 0) is 12.0 Å². The third kappa shape index (κ3) is 3.23. The van der Waals surface area contributed by atoms with Crippen molar-refractivity contribution in [2.75, 3.05) is 19.6 Å². The molecule has 0 spiro atoms. The summed E-state index contributed by atoms with van der Waals surface area (Å²) in [6.45, 7) is 3.44. The smallest absolute Gasteiger partial charge is 1.00 e. The summed E-state index contributed by atoms with van der Waals surface area (Å²) in [6, 6.07) is 20.8. The molecular formula is C21H26ClNO. The van der Waals surface area contributed by atoms with Gasteiger partial charge < -0.3 is 22.4 Å². The van der Waals surface area contributed by atoms with Crippen LogP contribution in [0.5, 0.6) is 0 Å². The van der Waals surface area contributed by atoms with Crippen LogP contribution >= 0.6 is 0 Å². The Kier molecular flexibility index (Phi) is 5.29. The summed E-state index contributed by atoms with van der Waals surface area (Å²) in [6.07, 6.45) is 3.16. The Morgan fingerprint density at radius 3 is 2.08 bits per heavy atom.